The lowest BCUT2D eigenvalue weighted by Gasteiger charge is -2.14. The number of benzene rings is 2. The number of halogens is 1. The molecule has 0 spiro atoms. The maximum atomic E-state index is 10.7. The summed E-state index contributed by atoms with van der Waals surface area (Å²) in [6, 6.07) is 16.1. The van der Waals surface area contributed by atoms with E-state index < -0.39 is 5.97 Å². The number of hydrogen-bond donors (Lipinski definition) is 1. The molecule has 0 aliphatic heterocycles. The van der Waals surface area contributed by atoms with Gasteiger partial charge in [-0.25, -0.2) is 0 Å². The van der Waals surface area contributed by atoms with Crippen LogP contribution < -0.4 is 4.74 Å². The molecule has 0 fully saturated rings. The van der Waals surface area contributed by atoms with Gasteiger partial charge in [-0.05, 0) is 49.4 Å². The van der Waals surface area contributed by atoms with E-state index in [1.54, 1.807) is 0 Å². The van der Waals surface area contributed by atoms with Gasteiger partial charge < -0.3 is 9.84 Å². The Kier molecular flexibility index (Phi) is 7.13. The van der Waals surface area contributed by atoms with Gasteiger partial charge in [0.15, 0.2) is 0 Å². The van der Waals surface area contributed by atoms with Crippen molar-refractivity contribution in [3.8, 4) is 16.9 Å². The van der Waals surface area contributed by atoms with Crippen LogP contribution in [0.4, 0.5) is 0 Å². The highest BCUT2D eigenvalue weighted by atomic mass is 35.5. The van der Waals surface area contributed by atoms with Gasteiger partial charge in [-0.2, -0.15) is 0 Å². The number of rotatable bonds is 9. The Bertz CT molecular complexity index is 653. The van der Waals surface area contributed by atoms with Gasteiger partial charge in [-0.15, -0.1) is 11.6 Å². The van der Waals surface area contributed by atoms with Crippen LogP contribution in [-0.2, 0) is 11.2 Å². The van der Waals surface area contributed by atoms with E-state index in [0.717, 1.165) is 35.3 Å². The summed E-state index contributed by atoms with van der Waals surface area (Å²) in [4.78, 5) is 10.7. The second-order valence-electron chi connectivity index (χ2n) is 5.86. The topological polar surface area (TPSA) is 46.5 Å². The summed E-state index contributed by atoms with van der Waals surface area (Å²) >= 11 is 5.98. The van der Waals surface area contributed by atoms with Crippen molar-refractivity contribution >= 4 is 17.6 Å². The van der Waals surface area contributed by atoms with Crippen LogP contribution >= 0.6 is 11.6 Å². The number of carboxylic acids is 1. The van der Waals surface area contributed by atoms with Crippen molar-refractivity contribution < 1.29 is 14.6 Å². The molecule has 1 N–H and O–H groups in total. The van der Waals surface area contributed by atoms with E-state index in [2.05, 4.69) is 6.07 Å². The summed E-state index contributed by atoms with van der Waals surface area (Å²) in [6.07, 6.45) is 2.35. The van der Waals surface area contributed by atoms with Gasteiger partial charge in [0.1, 0.15) is 5.75 Å². The van der Waals surface area contributed by atoms with Crippen LogP contribution in [0.25, 0.3) is 11.1 Å². The molecule has 0 saturated carbocycles. The number of carbonyl (C=O) groups is 1. The first kappa shape index (κ1) is 18.3. The summed E-state index contributed by atoms with van der Waals surface area (Å²) in [7, 11) is 0. The highest BCUT2D eigenvalue weighted by Crippen LogP contribution is 2.31. The molecule has 3 nitrogen and oxygen atoms in total. The molecule has 2 rings (SSSR count). The minimum absolute atomic E-state index is 0.0838. The summed E-state index contributed by atoms with van der Waals surface area (Å²) < 4.78 is 5.92. The zero-order valence-corrected chi connectivity index (χ0v) is 14.6. The molecule has 0 saturated heterocycles. The van der Waals surface area contributed by atoms with Crippen molar-refractivity contribution in [2.45, 2.75) is 38.0 Å². The number of aliphatic carboxylic acids is 1. The minimum atomic E-state index is -0.756. The molecule has 4 heteroatoms. The predicted molar refractivity (Wildman–Crippen MR) is 97.9 cm³/mol. The molecule has 0 aliphatic rings. The van der Waals surface area contributed by atoms with Gasteiger partial charge in [0.2, 0.25) is 0 Å². The molecule has 0 aliphatic carbocycles. The third-order valence-electron chi connectivity index (χ3n) is 3.76. The number of hydrogen-bond acceptors (Lipinski definition) is 2. The van der Waals surface area contributed by atoms with Crippen LogP contribution in [0.3, 0.4) is 0 Å². The second-order valence-corrected chi connectivity index (χ2v) is 6.61. The van der Waals surface area contributed by atoms with Crippen LogP contribution in [0.15, 0.2) is 48.5 Å². The monoisotopic (exact) mass is 346 g/mol. The molecule has 2 aromatic carbocycles. The molecule has 24 heavy (non-hydrogen) atoms. The molecule has 0 amide bonds. The first-order valence-electron chi connectivity index (χ1n) is 8.23. The SMILES string of the molecule is CC(Cl)CCOc1ccc(CCCC(=O)O)cc1-c1ccccc1. The van der Waals surface area contributed by atoms with Crippen LogP contribution in [0.1, 0.15) is 31.7 Å². The Morgan fingerprint density at radius 2 is 1.96 bits per heavy atom. The van der Waals surface area contributed by atoms with Gasteiger partial charge in [0.05, 0.1) is 6.61 Å². The Hall–Kier alpha value is -2.00. The van der Waals surface area contributed by atoms with Crippen molar-refractivity contribution in [2.24, 2.45) is 0 Å². The normalized spacial score (nSPS) is 11.9. The molecule has 0 aromatic heterocycles. The van der Waals surface area contributed by atoms with Gasteiger partial charge in [-0.3, -0.25) is 4.79 Å². The highest BCUT2D eigenvalue weighted by molar-refractivity contribution is 6.20. The second kappa shape index (κ2) is 9.33. The average Bonchev–Trinajstić information content (AvgIpc) is 2.56. The first-order chi connectivity index (χ1) is 11.6. The zero-order valence-electron chi connectivity index (χ0n) is 13.9. The smallest absolute Gasteiger partial charge is 0.303 e. The molecular formula is C20H23ClO3. The van der Waals surface area contributed by atoms with Gasteiger partial charge in [-0.1, -0.05) is 36.4 Å². The van der Waals surface area contributed by atoms with E-state index >= 15 is 0 Å². The number of ether oxygens (including phenoxy) is 1. The molecule has 1 atom stereocenters. The average molecular weight is 347 g/mol. The summed E-state index contributed by atoms with van der Waals surface area (Å²) in [5, 5.41) is 8.86. The molecule has 0 heterocycles. The number of aryl methyl sites for hydroxylation is 1. The van der Waals surface area contributed by atoms with Crippen molar-refractivity contribution in [1.82, 2.24) is 0 Å². The van der Waals surface area contributed by atoms with Crippen molar-refractivity contribution in [2.75, 3.05) is 6.61 Å². The fourth-order valence-corrected chi connectivity index (χ4v) is 2.57. The molecule has 1 unspecified atom stereocenters. The molecule has 0 bridgehead atoms. The van der Waals surface area contributed by atoms with E-state index in [1.165, 1.54) is 0 Å². The Morgan fingerprint density at radius 1 is 1.21 bits per heavy atom. The number of alkyl halides is 1. The van der Waals surface area contributed by atoms with Gasteiger partial charge in [0, 0.05) is 17.4 Å². The van der Waals surface area contributed by atoms with Crippen molar-refractivity contribution in [3.05, 3.63) is 54.1 Å². The molecular weight excluding hydrogens is 324 g/mol. The van der Waals surface area contributed by atoms with Gasteiger partial charge >= 0.3 is 5.97 Å². The molecule has 2 aromatic rings. The first-order valence-corrected chi connectivity index (χ1v) is 8.67. The third-order valence-corrected chi connectivity index (χ3v) is 3.98. The lowest BCUT2D eigenvalue weighted by atomic mass is 9.99. The maximum absolute atomic E-state index is 10.7. The quantitative estimate of drug-likeness (QED) is 0.638. The number of carboxylic acid groups (broad SMARTS) is 1. The Labute approximate surface area is 148 Å². The van der Waals surface area contributed by atoms with E-state index in [1.807, 2.05) is 49.4 Å². The van der Waals surface area contributed by atoms with Crippen LogP contribution in [0.5, 0.6) is 5.75 Å². The van der Waals surface area contributed by atoms with E-state index in [-0.39, 0.29) is 11.8 Å². The van der Waals surface area contributed by atoms with E-state index in [4.69, 9.17) is 21.4 Å². The standard InChI is InChI=1S/C20H23ClO3/c1-15(21)12-13-24-19-11-10-16(6-5-9-20(22)23)14-18(19)17-7-3-2-4-8-17/h2-4,7-8,10-11,14-15H,5-6,9,12-13H2,1H3,(H,22,23). The summed E-state index contributed by atoms with van der Waals surface area (Å²) in [5.41, 5.74) is 3.24. The highest BCUT2D eigenvalue weighted by Gasteiger charge is 2.09. The van der Waals surface area contributed by atoms with Crippen molar-refractivity contribution in [1.29, 1.82) is 0 Å². The van der Waals surface area contributed by atoms with Crippen LogP contribution in [-0.4, -0.2) is 23.1 Å². The van der Waals surface area contributed by atoms with Crippen LogP contribution in [0, 0.1) is 0 Å². The molecule has 128 valence electrons. The zero-order chi connectivity index (χ0) is 17.4. The third kappa shape index (κ3) is 5.89. The van der Waals surface area contributed by atoms with Crippen molar-refractivity contribution in [3.63, 3.8) is 0 Å². The fraction of sp³-hybridized carbons (Fsp3) is 0.350. The predicted octanol–water partition coefficient (Wildman–Crippen LogP) is 5.16. The fourth-order valence-electron chi connectivity index (χ4n) is 2.48. The van der Waals surface area contributed by atoms with E-state index in [9.17, 15) is 4.79 Å². The summed E-state index contributed by atoms with van der Waals surface area (Å²) in [5.74, 6) is 0.0777. The summed E-state index contributed by atoms with van der Waals surface area (Å²) in [6.45, 7) is 2.53. The maximum Gasteiger partial charge on any atom is 0.303 e. The lowest BCUT2D eigenvalue weighted by Crippen LogP contribution is -2.04. The van der Waals surface area contributed by atoms with Gasteiger partial charge in [0.25, 0.3) is 0 Å². The Balaban J connectivity index is 2.18. The van der Waals surface area contributed by atoms with Crippen LogP contribution in [0.2, 0.25) is 0 Å². The molecule has 0 radical (unpaired) electrons. The Morgan fingerprint density at radius 3 is 2.62 bits per heavy atom. The lowest BCUT2D eigenvalue weighted by molar-refractivity contribution is -0.137. The minimum Gasteiger partial charge on any atom is -0.493 e. The largest absolute Gasteiger partial charge is 0.493 e. The van der Waals surface area contributed by atoms with E-state index in [0.29, 0.717) is 13.0 Å².